The summed E-state index contributed by atoms with van der Waals surface area (Å²) < 4.78 is 18.5. The van der Waals surface area contributed by atoms with Gasteiger partial charge in [-0.3, -0.25) is 4.79 Å². The highest BCUT2D eigenvalue weighted by Gasteiger charge is 2.30. The van der Waals surface area contributed by atoms with Crippen molar-refractivity contribution in [2.45, 2.75) is 19.3 Å². The van der Waals surface area contributed by atoms with E-state index in [1.165, 1.54) is 6.07 Å². The summed E-state index contributed by atoms with van der Waals surface area (Å²) in [7, 11) is 0. The summed E-state index contributed by atoms with van der Waals surface area (Å²) in [6, 6.07) is 4.47. The molecule has 6 heteroatoms. The van der Waals surface area contributed by atoms with Crippen LogP contribution in [0.15, 0.2) is 27.2 Å². The number of rotatable bonds is 4. The molecule has 0 unspecified atom stereocenters. The van der Waals surface area contributed by atoms with Gasteiger partial charge < -0.3 is 4.52 Å². The summed E-state index contributed by atoms with van der Waals surface area (Å²) in [5.41, 5.74) is 0.641. The van der Waals surface area contributed by atoms with Crippen LogP contribution in [0.1, 0.15) is 18.7 Å². The molecule has 0 radical (unpaired) electrons. The predicted molar refractivity (Wildman–Crippen MR) is 68.8 cm³/mol. The minimum Gasteiger partial charge on any atom is -0.339 e. The van der Waals surface area contributed by atoms with E-state index in [1.807, 2.05) is 0 Å². The first kappa shape index (κ1) is 12.5. The van der Waals surface area contributed by atoms with Crippen LogP contribution in [0, 0.1) is 11.7 Å². The third-order valence-corrected chi connectivity index (χ3v) is 3.61. The molecular weight excluding hydrogens is 315 g/mol. The first-order valence-corrected chi connectivity index (χ1v) is 6.73. The molecule has 1 aromatic carbocycles. The van der Waals surface area contributed by atoms with E-state index >= 15 is 0 Å². The number of hydrogen-bond acceptors (Lipinski definition) is 4. The number of carbonyl (C=O) groups is 1. The minimum atomic E-state index is -0.351. The van der Waals surface area contributed by atoms with Crippen molar-refractivity contribution < 1.29 is 13.7 Å². The van der Waals surface area contributed by atoms with Gasteiger partial charge in [0.05, 0.1) is 10.9 Å². The van der Waals surface area contributed by atoms with E-state index in [2.05, 4.69) is 26.1 Å². The van der Waals surface area contributed by atoms with Gasteiger partial charge in [0.25, 0.3) is 0 Å². The van der Waals surface area contributed by atoms with Gasteiger partial charge >= 0.3 is 0 Å². The molecule has 0 spiro atoms. The molecule has 3 rings (SSSR count). The molecule has 2 aromatic rings. The lowest BCUT2D eigenvalue weighted by atomic mass is 10.2. The zero-order chi connectivity index (χ0) is 13.4. The number of benzene rings is 1. The highest BCUT2D eigenvalue weighted by molar-refractivity contribution is 9.10. The zero-order valence-electron chi connectivity index (χ0n) is 9.90. The summed E-state index contributed by atoms with van der Waals surface area (Å²) in [6.45, 7) is 0. The van der Waals surface area contributed by atoms with Crippen molar-refractivity contribution in [3.05, 3.63) is 34.4 Å². The van der Waals surface area contributed by atoms with Gasteiger partial charge in [0.2, 0.25) is 11.7 Å². The molecule has 1 heterocycles. The van der Waals surface area contributed by atoms with Crippen molar-refractivity contribution in [3.63, 3.8) is 0 Å². The van der Waals surface area contributed by atoms with Gasteiger partial charge in [0.15, 0.2) is 0 Å². The summed E-state index contributed by atoms with van der Waals surface area (Å²) in [5, 5.41) is 3.81. The van der Waals surface area contributed by atoms with E-state index < -0.39 is 0 Å². The van der Waals surface area contributed by atoms with Crippen LogP contribution in [0.4, 0.5) is 4.39 Å². The smallest absolute Gasteiger partial charge is 0.234 e. The fourth-order valence-corrected chi connectivity index (χ4v) is 2.16. The second kappa shape index (κ2) is 4.85. The van der Waals surface area contributed by atoms with E-state index in [9.17, 15) is 9.18 Å². The zero-order valence-corrected chi connectivity index (χ0v) is 11.5. The lowest BCUT2D eigenvalue weighted by Gasteiger charge is -1.96. The van der Waals surface area contributed by atoms with Crippen LogP contribution in [0.3, 0.4) is 0 Å². The van der Waals surface area contributed by atoms with Crippen LogP contribution < -0.4 is 0 Å². The summed E-state index contributed by atoms with van der Waals surface area (Å²) in [4.78, 5) is 15.8. The van der Waals surface area contributed by atoms with E-state index in [-0.39, 0.29) is 23.9 Å². The van der Waals surface area contributed by atoms with Gasteiger partial charge in [-0.1, -0.05) is 5.16 Å². The fraction of sp³-hybridized carbons (Fsp3) is 0.308. The molecular formula is C13H10BrFN2O2. The Morgan fingerprint density at radius 1 is 1.47 bits per heavy atom. The Morgan fingerprint density at radius 2 is 2.26 bits per heavy atom. The Balaban J connectivity index is 1.79. The summed E-state index contributed by atoms with van der Waals surface area (Å²) in [6.07, 6.45) is 2.11. The first-order valence-electron chi connectivity index (χ1n) is 5.94. The maximum absolute atomic E-state index is 13.1. The average Bonchev–Trinajstić information content (AvgIpc) is 3.14. The molecule has 98 valence electrons. The molecule has 0 atom stereocenters. The summed E-state index contributed by atoms with van der Waals surface area (Å²) in [5.74, 6) is 0.647. The molecule has 0 saturated heterocycles. The maximum Gasteiger partial charge on any atom is 0.234 e. The Morgan fingerprint density at radius 3 is 2.95 bits per heavy atom. The lowest BCUT2D eigenvalue weighted by molar-refractivity contribution is -0.119. The predicted octanol–water partition coefficient (Wildman–Crippen LogP) is 3.16. The van der Waals surface area contributed by atoms with E-state index in [0.717, 1.165) is 12.8 Å². The average molecular weight is 325 g/mol. The van der Waals surface area contributed by atoms with Crippen LogP contribution in [-0.2, 0) is 11.2 Å². The topological polar surface area (TPSA) is 56.0 Å². The minimum absolute atomic E-state index is 0.149. The van der Waals surface area contributed by atoms with E-state index in [4.69, 9.17) is 4.52 Å². The summed E-state index contributed by atoms with van der Waals surface area (Å²) >= 11 is 3.10. The molecule has 1 saturated carbocycles. The third-order valence-electron chi connectivity index (χ3n) is 3.00. The molecule has 1 aliphatic rings. The second-order valence-corrected chi connectivity index (χ2v) is 5.41. The molecule has 0 amide bonds. The monoisotopic (exact) mass is 324 g/mol. The Kier molecular flexibility index (Phi) is 3.18. The largest absolute Gasteiger partial charge is 0.339 e. The van der Waals surface area contributed by atoms with Gasteiger partial charge in [-0.25, -0.2) is 4.39 Å². The molecule has 1 aliphatic carbocycles. The number of nitrogens with zero attached hydrogens (tertiary/aromatic N) is 2. The molecule has 0 N–H and O–H groups in total. The fourth-order valence-electron chi connectivity index (χ4n) is 1.78. The standard InChI is InChI=1S/C13H10BrFN2O2/c14-9-5-8(3-4-10(9)15)13-16-12(19-17-13)6-11(18)7-1-2-7/h3-5,7H,1-2,6H2. The molecule has 19 heavy (non-hydrogen) atoms. The highest BCUT2D eigenvalue weighted by Crippen LogP contribution is 2.31. The van der Waals surface area contributed by atoms with Crippen molar-refractivity contribution in [1.82, 2.24) is 10.1 Å². The first-order chi connectivity index (χ1) is 9.13. The van der Waals surface area contributed by atoms with E-state index in [0.29, 0.717) is 21.8 Å². The van der Waals surface area contributed by atoms with Gasteiger partial charge in [-0.05, 0) is 47.0 Å². The molecule has 4 nitrogen and oxygen atoms in total. The molecule has 1 aromatic heterocycles. The molecule has 0 aliphatic heterocycles. The van der Waals surface area contributed by atoms with Crippen LogP contribution >= 0.6 is 15.9 Å². The van der Waals surface area contributed by atoms with Gasteiger partial charge in [-0.2, -0.15) is 4.98 Å². The SMILES string of the molecule is O=C(Cc1nc(-c2ccc(F)c(Br)c2)no1)C1CC1. The van der Waals surface area contributed by atoms with Crippen molar-refractivity contribution in [3.8, 4) is 11.4 Å². The van der Waals surface area contributed by atoms with Crippen molar-refractivity contribution in [2.75, 3.05) is 0 Å². The normalized spacial score (nSPS) is 14.6. The Labute approximate surface area is 117 Å². The molecule has 0 bridgehead atoms. The number of carbonyl (C=O) groups excluding carboxylic acids is 1. The number of halogens is 2. The van der Waals surface area contributed by atoms with Crippen molar-refractivity contribution >= 4 is 21.7 Å². The van der Waals surface area contributed by atoms with Crippen LogP contribution in [0.5, 0.6) is 0 Å². The Bertz CT molecular complexity index is 637. The quantitative estimate of drug-likeness (QED) is 0.866. The van der Waals surface area contributed by atoms with Crippen LogP contribution in [-0.4, -0.2) is 15.9 Å². The number of hydrogen-bond donors (Lipinski definition) is 0. The second-order valence-electron chi connectivity index (χ2n) is 4.56. The van der Waals surface area contributed by atoms with E-state index in [1.54, 1.807) is 12.1 Å². The van der Waals surface area contributed by atoms with Gasteiger partial charge in [0, 0.05) is 11.5 Å². The lowest BCUT2D eigenvalue weighted by Crippen LogP contribution is -2.04. The number of Topliss-reactive ketones (excluding diaryl/α,β-unsaturated/α-hetero) is 1. The van der Waals surface area contributed by atoms with Crippen LogP contribution in [0.25, 0.3) is 11.4 Å². The molecule has 1 fully saturated rings. The van der Waals surface area contributed by atoms with Gasteiger partial charge in [0.1, 0.15) is 11.6 Å². The Hall–Kier alpha value is -1.56. The van der Waals surface area contributed by atoms with Crippen molar-refractivity contribution in [2.24, 2.45) is 5.92 Å². The highest BCUT2D eigenvalue weighted by atomic mass is 79.9. The van der Waals surface area contributed by atoms with Crippen molar-refractivity contribution in [1.29, 1.82) is 0 Å². The maximum atomic E-state index is 13.1. The number of ketones is 1. The van der Waals surface area contributed by atoms with Crippen LogP contribution in [0.2, 0.25) is 0 Å². The number of aromatic nitrogens is 2. The van der Waals surface area contributed by atoms with Gasteiger partial charge in [-0.15, -0.1) is 0 Å². The third kappa shape index (κ3) is 2.73.